The van der Waals surface area contributed by atoms with Gasteiger partial charge in [0.15, 0.2) is 11.5 Å². The fraction of sp³-hybridized carbons (Fsp3) is 0.381. The van der Waals surface area contributed by atoms with E-state index in [1.165, 1.54) is 5.56 Å². The third kappa shape index (κ3) is 4.01. The molecule has 2 aromatic rings. The van der Waals surface area contributed by atoms with E-state index in [1.54, 1.807) is 7.11 Å². The normalized spacial score (nSPS) is 19.6. The second kappa shape index (κ2) is 7.88. The Morgan fingerprint density at radius 1 is 1.07 bits per heavy atom. The first-order chi connectivity index (χ1) is 13.2. The lowest BCUT2D eigenvalue weighted by molar-refractivity contribution is -0.143. The van der Waals surface area contributed by atoms with E-state index in [-0.39, 0.29) is 12.5 Å². The van der Waals surface area contributed by atoms with Gasteiger partial charge in [0.05, 0.1) is 7.11 Å². The van der Waals surface area contributed by atoms with Crippen LogP contribution in [0.4, 0.5) is 0 Å². The molecule has 6 heteroatoms. The first kappa shape index (κ1) is 17.7. The molecular formula is C21H24N2O4. The zero-order valence-electron chi connectivity index (χ0n) is 15.5. The SMILES string of the molecule is COc1cccc(CN2CCN(C(=O)C3COc4ccccc4O3)CC2)c1. The average molecular weight is 368 g/mol. The molecule has 1 unspecified atom stereocenters. The number of nitrogens with zero attached hydrogens (tertiary/aromatic N) is 2. The van der Waals surface area contributed by atoms with Crippen molar-refractivity contribution in [2.45, 2.75) is 12.6 Å². The number of rotatable bonds is 4. The van der Waals surface area contributed by atoms with Gasteiger partial charge in [-0.1, -0.05) is 24.3 Å². The molecule has 0 radical (unpaired) electrons. The van der Waals surface area contributed by atoms with E-state index in [2.05, 4.69) is 17.0 Å². The van der Waals surface area contributed by atoms with Gasteiger partial charge in [-0.15, -0.1) is 0 Å². The first-order valence-corrected chi connectivity index (χ1v) is 9.25. The quantitative estimate of drug-likeness (QED) is 0.828. The van der Waals surface area contributed by atoms with Gasteiger partial charge in [0.2, 0.25) is 6.10 Å². The van der Waals surface area contributed by atoms with E-state index in [0.717, 1.165) is 25.4 Å². The summed E-state index contributed by atoms with van der Waals surface area (Å²) in [6.45, 7) is 4.20. The fourth-order valence-electron chi connectivity index (χ4n) is 3.50. The molecular weight excluding hydrogens is 344 g/mol. The van der Waals surface area contributed by atoms with Crippen molar-refractivity contribution in [3.8, 4) is 17.2 Å². The largest absolute Gasteiger partial charge is 0.497 e. The predicted molar refractivity (Wildman–Crippen MR) is 101 cm³/mol. The van der Waals surface area contributed by atoms with Gasteiger partial charge in [-0.2, -0.15) is 0 Å². The van der Waals surface area contributed by atoms with Crippen LogP contribution in [0.25, 0.3) is 0 Å². The number of amides is 1. The van der Waals surface area contributed by atoms with E-state index in [0.29, 0.717) is 24.6 Å². The lowest BCUT2D eigenvalue weighted by Gasteiger charge is -2.37. The molecule has 142 valence electrons. The molecule has 2 aromatic carbocycles. The molecule has 4 rings (SSSR count). The monoisotopic (exact) mass is 368 g/mol. The van der Waals surface area contributed by atoms with Crippen molar-refractivity contribution in [1.82, 2.24) is 9.80 Å². The van der Waals surface area contributed by atoms with E-state index in [1.807, 2.05) is 41.3 Å². The van der Waals surface area contributed by atoms with E-state index < -0.39 is 6.10 Å². The van der Waals surface area contributed by atoms with E-state index in [4.69, 9.17) is 14.2 Å². The van der Waals surface area contributed by atoms with E-state index >= 15 is 0 Å². The third-order valence-corrected chi connectivity index (χ3v) is 5.01. The van der Waals surface area contributed by atoms with Gasteiger partial charge in [-0.25, -0.2) is 0 Å². The zero-order chi connectivity index (χ0) is 18.6. The molecule has 0 saturated carbocycles. The van der Waals surface area contributed by atoms with Crippen LogP contribution in [-0.2, 0) is 11.3 Å². The average Bonchev–Trinajstić information content (AvgIpc) is 2.73. The van der Waals surface area contributed by atoms with Crippen LogP contribution in [0, 0.1) is 0 Å². The fourth-order valence-corrected chi connectivity index (χ4v) is 3.50. The van der Waals surface area contributed by atoms with Crippen LogP contribution in [0.15, 0.2) is 48.5 Å². The highest BCUT2D eigenvalue weighted by molar-refractivity contribution is 5.82. The molecule has 0 aromatic heterocycles. The van der Waals surface area contributed by atoms with Gasteiger partial charge in [-0.05, 0) is 29.8 Å². The maximum Gasteiger partial charge on any atom is 0.267 e. The standard InChI is InChI=1S/C21H24N2O4/c1-25-17-6-4-5-16(13-17)14-22-9-11-23(12-10-22)21(24)20-15-26-18-7-2-3-8-19(18)27-20/h2-8,13,20H,9-12,14-15H2,1H3. The Morgan fingerprint density at radius 3 is 2.63 bits per heavy atom. The van der Waals surface area contributed by atoms with Crippen LogP contribution in [-0.4, -0.2) is 61.7 Å². The second-order valence-electron chi connectivity index (χ2n) is 6.82. The summed E-state index contributed by atoms with van der Waals surface area (Å²) < 4.78 is 16.8. The summed E-state index contributed by atoms with van der Waals surface area (Å²) in [5, 5.41) is 0. The number of hydrogen-bond acceptors (Lipinski definition) is 5. The van der Waals surface area contributed by atoms with Crippen molar-refractivity contribution in [3.63, 3.8) is 0 Å². The molecule has 1 amide bonds. The Morgan fingerprint density at radius 2 is 1.85 bits per heavy atom. The Labute approximate surface area is 159 Å². The van der Waals surface area contributed by atoms with Crippen LogP contribution in [0.3, 0.4) is 0 Å². The Kier molecular flexibility index (Phi) is 5.16. The van der Waals surface area contributed by atoms with Crippen molar-refractivity contribution >= 4 is 5.91 Å². The molecule has 2 aliphatic rings. The van der Waals surface area contributed by atoms with Gasteiger partial charge < -0.3 is 19.1 Å². The number of para-hydroxylation sites is 2. The maximum atomic E-state index is 12.8. The Balaban J connectivity index is 1.31. The summed E-state index contributed by atoms with van der Waals surface area (Å²) in [5.74, 6) is 2.21. The van der Waals surface area contributed by atoms with Gasteiger partial charge in [0.25, 0.3) is 5.91 Å². The number of methoxy groups -OCH3 is 1. The van der Waals surface area contributed by atoms with Gasteiger partial charge >= 0.3 is 0 Å². The number of piperazine rings is 1. The number of carbonyl (C=O) groups is 1. The van der Waals surface area contributed by atoms with Crippen molar-refractivity contribution in [1.29, 1.82) is 0 Å². The lowest BCUT2D eigenvalue weighted by atomic mass is 10.1. The Bertz CT molecular complexity index is 802. The Hall–Kier alpha value is -2.73. The van der Waals surface area contributed by atoms with Crippen LogP contribution < -0.4 is 14.2 Å². The second-order valence-corrected chi connectivity index (χ2v) is 6.82. The van der Waals surface area contributed by atoms with Crippen LogP contribution >= 0.6 is 0 Å². The highest BCUT2D eigenvalue weighted by atomic mass is 16.6. The molecule has 0 N–H and O–H groups in total. The van der Waals surface area contributed by atoms with Crippen molar-refractivity contribution in [2.75, 3.05) is 39.9 Å². The number of ether oxygens (including phenoxy) is 3. The minimum absolute atomic E-state index is 0.00512. The molecule has 0 aliphatic carbocycles. The summed E-state index contributed by atoms with van der Waals surface area (Å²) in [5.41, 5.74) is 1.22. The number of hydrogen-bond donors (Lipinski definition) is 0. The molecule has 2 aliphatic heterocycles. The molecule has 1 fully saturated rings. The summed E-state index contributed by atoms with van der Waals surface area (Å²) in [7, 11) is 1.68. The molecule has 1 saturated heterocycles. The topological polar surface area (TPSA) is 51.2 Å². The van der Waals surface area contributed by atoms with Crippen molar-refractivity contribution < 1.29 is 19.0 Å². The number of carbonyl (C=O) groups excluding carboxylic acids is 1. The molecule has 0 bridgehead atoms. The van der Waals surface area contributed by atoms with Crippen LogP contribution in [0.2, 0.25) is 0 Å². The van der Waals surface area contributed by atoms with Gasteiger partial charge in [0, 0.05) is 32.7 Å². The molecule has 27 heavy (non-hydrogen) atoms. The minimum Gasteiger partial charge on any atom is -0.497 e. The lowest BCUT2D eigenvalue weighted by Crippen LogP contribution is -2.53. The summed E-state index contributed by atoms with van der Waals surface area (Å²) in [6, 6.07) is 15.6. The van der Waals surface area contributed by atoms with E-state index in [9.17, 15) is 4.79 Å². The number of fused-ring (bicyclic) bond motifs is 1. The summed E-state index contributed by atoms with van der Waals surface area (Å²) >= 11 is 0. The predicted octanol–water partition coefficient (Wildman–Crippen LogP) is 2.18. The van der Waals surface area contributed by atoms with Gasteiger partial charge in [-0.3, -0.25) is 9.69 Å². The first-order valence-electron chi connectivity index (χ1n) is 9.25. The summed E-state index contributed by atoms with van der Waals surface area (Å²) in [6.07, 6.45) is -0.565. The highest BCUT2D eigenvalue weighted by Gasteiger charge is 2.32. The molecule has 2 heterocycles. The van der Waals surface area contributed by atoms with Crippen molar-refractivity contribution in [2.24, 2.45) is 0 Å². The third-order valence-electron chi connectivity index (χ3n) is 5.01. The van der Waals surface area contributed by atoms with Crippen LogP contribution in [0.1, 0.15) is 5.56 Å². The number of benzene rings is 2. The molecule has 6 nitrogen and oxygen atoms in total. The summed E-state index contributed by atoms with van der Waals surface area (Å²) in [4.78, 5) is 17.0. The zero-order valence-corrected chi connectivity index (χ0v) is 15.5. The van der Waals surface area contributed by atoms with Crippen molar-refractivity contribution in [3.05, 3.63) is 54.1 Å². The molecule has 0 spiro atoms. The smallest absolute Gasteiger partial charge is 0.267 e. The van der Waals surface area contributed by atoms with Gasteiger partial charge in [0.1, 0.15) is 12.4 Å². The maximum absolute atomic E-state index is 12.8. The molecule has 1 atom stereocenters. The highest BCUT2D eigenvalue weighted by Crippen LogP contribution is 2.31. The van der Waals surface area contributed by atoms with Crippen LogP contribution in [0.5, 0.6) is 17.2 Å². The minimum atomic E-state index is -0.565.